The number of fused-ring (bicyclic) bond motifs is 1. The number of nitrogens with one attached hydrogen (secondary N) is 1. The first-order chi connectivity index (χ1) is 14.1. The number of para-hydroxylation sites is 3. The first-order valence-electron chi connectivity index (χ1n) is 8.66. The van der Waals surface area contributed by atoms with Crippen LogP contribution in [-0.2, 0) is 0 Å². The summed E-state index contributed by atoms with van der Waals surface area (Å²) >= 11 is 1.29. The van der Waals surface area contributed by atoms with Gasteiger partial charge in [-0.25, -0.2) is 9.67 Å². The van der Waals surface area contributed by atoms with E-state index < -0.39 is 4.92 Å². The van der Waals surface area contributed by atoms with Crippen molar-refractivity contribution in [2.75, 3.05) is 12.4 Å². The number of aromatic amines is 1. The Hall–Kier alpha value is -3.66. The molecule has 0 saturated heterocycles. The molecule has 0 atom stereocenters. The molecule has 0 fully saturated rings. The normalized spacial score (nSPS) is 10.9. The van der Waals surface area contributed by atoms with E-state index in [0.717, 1.165) is 5.69 Å². The Balaban J connectivity index is 1.49. The maximum absolute atomic E-state index is 12.3. The van der Waals surface area contributed by atoms with Crippen LogP contribution in [0.1, 0.15) is 0 Å². The summed E-state index contributed by atoms with van der Waals surface area (Å²) in [5.41, 5.74) is 0.898. The van der Waals surface area contributed by atoms with E-state index in [1.807, 2.05) is 30.3 Å². The standard InChI is InChI=1S/C19H15N5O4S/c25-18-14-12-20-23(13-6-2-1-3-7-13)17(14)21-19(22-18)29-11-10-28-16-9-5-4-8-15(16)24(26)27/h1-9,12H,10-11H2,(H,21,22,25). The van der Waals surface area contributed by atoms with Crippen molar-refractivity contribution in [3.05, 3.63) is 81.3 Å². The van der Waals surface area contributed by atoms with Gasteiger partial charge >= 0.3 is 5.69 Å². The molecule has 0 bridgehead atoms. The highest BCUT2D eigenvalue weighted by atomic mass is 32.2. The van der Waals surface area contributed by atoms with E-state index in [1.54, 1.807) is 22.9 Å². The molecule has 0 radical (unpaired) electrons. The Bertz CT molecular complexity index is 1220. The molecule has 0 aliphatic carbocycles. The van der Waals surface area contributed by atoms with Gasteiger partial charge in [0.25, 0.3) is 5.56 Å². The lowest BCUT2D eigenvalue weighted by atomic mass is 10.3. The Morgan fingerprint density at radius 1 is 1.14 bits per heavy atom. The van der Waals surface area contributed by atoms with Gasteiger partial charge in [-0.05, 0) is 18.2 Å². The number of nitrogens with zero attached hydrogens (tertiary/aromatic N) is 4. The molecule has 0 spiro atoms. The van der Waals surface area contributed by atoms with Crippen molar-refractivity contribution < 1.29 is 9.66 Å². The zero-order valence-electron chi connectivity index (χ0n) is 15.0. The molecule has 146 valence electrons. The number of nitro benzene ring substituents is 1. The average molecular weight is 409 g/mol. The molecule has 4 aromatic rings. The highest BCUT2D eigenvalue weighted by molar-refractivity contribution is 7.99. The molecule has 0 unspecified atom stereocenters. The number of H-pyrrole nitrogens is 1. The third kappa shape index (κ3) is 3.97. The zero-order valence-corrected chi connectivity index (χ0v) is 15.8. The number of thioether (sulfide) groups is 1. The third-order valence-corrected chi connectivity index (χ3v) is 4.90. The fourth-order valence-electron chi connectivity index (χ4n) is 2.74. The molecule has 2 aromatic heterocycles. The van der Waals surface area contributed by atoms with Crippen LogP contribution in [0.4, 0.5) is 5.69 Å². The smallest absolute Gasteiger partial charge is 0.310 e. The Morgan fingerprint density at radius 3 is 2.69 bits per heavy atom. The predicted molar refractivity (Wildman–Crippen MR) is 109 cm³/mol. The lowest BCUT2D eigenvalue weighted by molar-refractivity contribution is -0.385. The number of nitro groups is 1. The predicted octanol–water partition coefficient (Wildman–Crippen LogP) is 3.19. The molecule has 9 nitrogen and oxygen atoms in total. The molecule has 29 heavy (non-hydrogen) atoms. The molecule has 4 rings (SSSR count). The first kappa shape index (κ1) is 18.7. The number of aromatic nitrogens is 4. The van der Waals surface area contributed by atoms with Crippen LogP contribution >= 0.6 is 11.8 Å². The van der Waals surface area contributed by atoms with E-state index in [1.165, 1.54) is 24.0 Å². The number of hydrogen-bond acceptors (Lipinski definition) is 7. The van der Waals surface area contributed by atoms with Crippen LogP contribution < -0.4 is 10.3 Å². The number of ether oxygens (including phenoxy) is 1. The van der Waals surface area contributed by atoms with Crippen LogP contribution in [0.3, 0.4) is 0 Å². The van der Waals surface area contributed by atoms with Gasteiger partial charge in [-0.3, -0.25) is 14.9 Å². The summed E-state index contributed by atoms with van der Waals surface area (Å²) in [6.07, 6.45) is 1.49. The van der Waals surface area contributed by atoms with Crippen molar-refractivity contribution in [2.45, 2.75) is 5.16 Å². The Labute approximate surface area is 168 Å². The van der Waals surface area contributed by atoms with Crippen LogP contribution in [0.5, 0.6) is 5.75 Å². The molecule has 0 aliphatic heterocycles. The van der Waals surface area contributed by atoms with Gasteiger partial charge in [0.2, 0.25) is 0 Å². The second-order valence-corrected chi connectivity index (χ2v) is 7.01. The molecule has 2 heterocycles. The van der Waals surface area contributed by atoms with Gasteiger partial charge in [-0.1, -0.05) is 42.1 Å². The molecular formula is C19H15N5O4S. The van der Waals surface area contributed by atoms with Gasteiger partial charge < -0.3 is 9.72 Å². The topological polar surface area (TPSA) is 116 Å². The van der Waals surface area contributed by atoms with Gasteiger partial charge in [0.1, 0.15) is 5.39 Å². The zero-order chi connectivity index (χ0) is 20.2. The van der Waals surface area contributed by atoms with E-state index in [-0.39, 0.29) is 23.6 Å². The molecule has 0 amide bonds. The van der Waals surface area contributed by atoms with Gasteiger partial charge in [0.05, 0.1) is 23.4 Å². The minimum Gasteiger partial charge on any atom is -0.486 e. The van der Waals surface area contributed by atoms with Crippen molar-refractivity contribution in [1.82, 2.24) is 19.7 Å². The summed E-state index contributed by atoms with van der Waals surface area (Å²) in [6, 6.07) is 15.6. The number of rotatable bonds is 7. The van der Waals surface area contributed by atoms with Crippen LogP contribution in [0.15, 0.2) is 70.7 Å². The molecule has 0 saturated carbocycles. The highest BCUT2D eigenvalue weighted by Crippen LogP contribution is 2.26. The average Bonchev–Trinajstić information content (AvgIpc) is 3.16. The monoisotopic (exact) mass is 409 g/mol. The summed E-state index contributed by atoms with van der Waals surface area (Å²) < 4.78 is 7.13. The molecule has 2 aromatic carbocycles. The largest absolute Gasteiger partial charge is 0.486 e. The van der Waals surface area contributed by atoms with Gasteiger partial charge in [0.15, 0.2) is 16.6 Å². The van der Waals surface area contributed by atoms with Crippen molar-refractivity contribution in [3.8, 4) is 11.4 Å². The van der Waals surface area contributed by atoms with E-state index in [9.17, 15) is 14.9 Å². The highest BCUT2D eigenvalue weighted by Gasteiger charge is 2.14. The van der Waals surface area contributed by atoms with Gasteiger partial charge in [0, 0.05) is 11.8 Å². The number of benzene rings is 2. The maximum Gasteiger partial charge on any atom is 0.310 e. The minimum absolute atomic E-state index is 0.0859. The molecule has 1 N–H and O–H groups in total. The van der Waals surface area contributed by atoms with E-state index in [0.29, 0.717) is 21.9 Å². The summed E-state index contributed by atoms with van der Waals surface area (Å²) in [5, 5.41) is 16.1. The van der Waals surface area contributed by atoms with E-state index in [2.05, 4.69) is 15.1 Å². The SMILES string of the molecule is O=c1[nH]c(SCCOc2ccccc2[N+](=O)[O-])nc2c1cnn2-c1ccccc1. The molecule has 0 aliphatic rings. The molecular weight excluding hydrogens is 394 g/mol. The maximum atomic E-state index is 12.3. The fourth-order valence-corrected chi connectivity index (χ4v) is 3.42. The van der Waals surface area contributed by atoms with Gasteiger partial charge in [-0.15, -0.1) is 0 Å². The first-order valence-corrected chi connectivity index (χ1v) is 9.64. The van der Waals surface area contributed by atoms with Gasteiger partial charge in [-0.2, -0.15) is 5.10 Å². The summed E-state index contributed by atoms with van der Waals surface area (Å²) in [5.74, 6) is 0.650. The van der Waals surface area contributed by atoms with Crippen LogP contribution in [0.25, 0.3) is 16.7 Å². The Morgan fingerprint density at radius 2 is 1.90 bits per heavy atom. The second kappa shape index (κ2) is 8.15. The van der Waals surface area contributed by atoms with Crippen molar-refractivity contribution in [1.29, 1.82) is 0 Å². The second-order valence-electron chi connectivity index (χ2n) is 5.92. The molecule has 10 heteroatoms. The summed E-state index contributed by atoms with van der Waals surface area (Å²) in [6.45, 7) is 0.217. The summed E-state index contributed by atoms with van der Waals surface area (Å²) in [4.78, 5) is 30.1. The minimum atomic E-state index is -0.486. The lowest BCUT2D eigenvalue weighted by Gasteiger charge is -2.07. The Kier molecular flexibility index (Phi) is 5.25. The van der Waals surface area contributed by atoms with Crippen LogP contribution in [0, 0.1) is 10.1 Å². The van der Waals surface area contributed by atoms with E-state index in [4.69, 9.17) is 4.74 Å². The van der Waals surface area contributed by atoms with Crippen molar-refractivity contribution in [2.24, 2.45) is 0 Å². The lowest BCUT2D eigenvalue weighted by Crippen LogP contribution is -2.10. The van der Waals surface area contributed by atoms with Crippen molar-refractivity contribution >= 4 is 28.5 Å². The fraction of sp³-hybridized carbons (Fsp3) is 0.105. The van der Waals surface area contributed by atoms with E-state index >= 15 is 0 Å². The number of hydrogen-bond donors (Lipinski definition) is 1. The van der Waals surface area contributed by atoms with Crippen LogP contribution in [-0.4, -0.2) is 37.0 Å². The third-order valence-electron chi connectivity index (χ3n) is 4.06. The summed E-state index contributed by atoms with van der Waals surface area (Å²) in [7, 11) is 0. The van der Waals surface area contributed by atoms with Crippen molar-refractivity contribution in [3.63, 3.8) is 0 Å². The quantitative estimate of drug-likeness (QED) is 0.164. The van der Waals surface area contributed by atoms with Crippen LogP contribution in [0.2, 0.25) is 0 Å².